The zero-order valence-corrected chi connectivity index (χ0v) is 7.44. The van der Waals surface area contributed by atoms with E-state index in [4.69, 9.17) is 0 Å². The van der Waals surface area contributed by atoms with Crippen molar-refractivity contribution in [3.8, 4) is 0 Å². The number of nitrogens with zero attached hydrogens (tertiary/aromatic N) is 2. The first-order valence-corrected chi connectivity index (χ1v) is 2.91. The van der Waals surface area contributed by atoms with Crippen molar-refractivity contribution in [2.24, 2.45) is 9.98 Å². The molecule has 0 spiro atoms. The SMILES string of the molecule is C1=CC2=NC=NC2C=C1.[Cu+].[SH-]. The Hall–Kier alpha value is -0.311. The standard InChI is InChI=1S/C7H6N2.Cu.H2S/c1-2-4-7-6(3-1)8-5-9-7;;/h1-6H;;1H2/q;+1;/p-1. The van der Waals surface area contributed by atoms with Crippen LogP contribution in [-0.4, -0.2) is 18.1 Å². The number of rotatable bonds is 0. The zero-order valence-electron chi connectivity index (χ0n) is 5.61. The van der Waals surface area contributed by atoms with Gasteiger partial charge in [0.05, 0.1) is 5.71 Å². The molecule has 2 aliphatic rings. The van der Waals surface area contributed by atoms with Gasteiger partial charge in [0.25, 0.3) is 0 Å². The van der Waals surface area contributed by atoms with Gasteiger partial charge < -0.3 is 13.5 Å². The van der Waals surface area contributed by atoms with Crippen LogP contribution in [0.3, 0.4) is 0 Å². The number of thiol groups is 1. The van der Waals surface area contributed by atoms with Crippen LogP contribution in [0, 0.1) is 0 Å². The van der Waals surface area contributed by atoms with E-state index in [0.717, 1.165) is 5.71 Å². The molecule has 1 unspecified atom stereocenters. The van der Waals surface area contributed by atoms with Crippen molar-refractivity contribution in [2.75, 3.05) is 0 Å². The van der Waals surface area contributed by atoms with Crippen LogP contribution in [0.4, 0.5) is 0 Å². The molecule has 4 heteroatoms. The molecule has 0 aromatic heterocycles. The summed E-state index contributed by atoms with van der Waals surface area (Å²) < 4.78 is 0. The number of hydrogen-bond donors (Lipinski definition) is 0. The molecule has 0 radical (unpaired) electrons. The van der Waals surface area contributed by atoms with Crippen molar-refractivity contribution >= 4 is 25.5 Å². The topological polar surface area (TPSA) is 24.7 Å². The van der Waals surface area contributed by atoms with Crippen molar-refractivity contribution in [1.29, 1.82) is 0 Å². The molecule has 0 saturated carbocycles. The largest absolute Gasteiger partial charge is 1.00 e. The van der Waals surface area contributed by atoms with Gasteiger partial charge in [-0.2, -0.15) is 0 Å². The normalized spacial score (nSPS) is 23.3. The molecule has 62 valence electrons. The summed E-state index contributed by atoms with van der Waals surface area (Å²) in [7, 11) is 0. The first-order chi connectivity index (χ1) is 4.47. The third kappa shape index (κ3) is 2.06. The van der Waals surface area contributed by atoms with E-state index in [1.54, 1.807) is 6.34 Å². The summed E-state index contributed by atoms with van der Waals surface area (Å²) in [5.41, 5.74) is 1.05. The molecule has 0 N–H and O–H groups in total. The summed E-state index contributed by atoms with van der Waals surface area (Å²) in [5.74, 6) is 0. The van der Waals surface area contributed by atoms with E-state index < -0.39 is 0 Å². The molecule has 0 bridgehead atoms. The predicted octanol–water partition coefficient (Wildman–Crippen LogP) is 0.691. The molecule has 11 heavy (non-hydrogen) atoms. The van der Waals surface area contributed by atoms with E-state index in [1.165, 1.54) is 0 Å². The van der Waals surface area contributed by atoms with Crippen molar-refractivity contribution in [2.45, 2.75) is 6.04 Å². The number of fused-ring (bicyclic) bond motifs is 1. The first-order valence-electron chi connectivity index (χ1n) is 2.91. The van der Waals surface area contributed by atoms with Crippen LogP contribution in [0.2, 0.25) is 0 Å². The van der Waals surface area contributed by atoms with Gasteiger partial charge in [-0.1, -0.05) is 18.2 Å². The van der Waals surface area contributed by atoms with E-state index in [0.29, 0.717) is 0 Å². The first kappa shape index (κ1) is 10.7. The Morgan fingerprint density at radius 3 is 2.82 bits per heavy atom. The Morgan fingerprint density at radius 1 is 1.27 bits per heavy atom. The Balaban J connectivity index is 0.000000500. The Bertz CT molecular complexity index is 243. The van der Waals surface area contributed by atoms with Crippen molar-refractivity contribution < 1.29 is 17.1 Å². The summed E-state index contributed by atoms with van der Waals surface area (Å²) in [6.45, 7) is 0. The maximum Gasteiger partial charge on any atom is 1.00 e. The molecule has 0 amide bonds. The van der Waals surface area contributed by atoms with Gasteiger partial charge >= 0.3 is 17.1 Å². The van der Waals surface area contributed by atoms with Crippen molar-refractivity contribution in [3.05, 3.63) is 24.3 Å². The van der Waals surface area contributed by atoms with E-state index in [-0.39, 0.29) is 36.6 Å². The second-order valence-electron chi connectivity index (χ2n) is 2.01. The Kier molecular flexibility index (Phi) is 4.42. The Morgan fingerprint density at radius 2 is 2.09 bits per heavy atom. The molecule has 2 rings (SSSR count). The molecule has 0 aromatic carbocycles. The molecule has 0 saturated heterocycles. The summed E-state index contributed by atoms with van der Waals surface area (Å²) in [6.07, 6.45) is 9.59. The maximum absolute atomic E-state index is 4.09. The van der Waals surface area contributed by atoms with Crippen LogP contribution in [0.5, 0.6) is 0 Å². The molecular weight excluding hydrogens is 208 g/mol. The minimum Gasteiger partial charge on any atom is -0.813 e. The fraction of sp³-hybridized carbons (Fsp3) is 0.143. The monoisotopic (exact) mass is 214 g/mol. The fourth-order valence-electron chi connectivity index (χ4n) is 0.938. The van der Waals surface area contributed by atoms with E-state index in [1.807, 2.05) is 24.3 Å². The van der Waals surface area contributed by atoms with Gasteiger partial charge in [0, 0.05) is 0 Å². The second-order valence-corrected chi connectivity index (χ2v) is 2.01. The summed E-state index contributed by atoms with van der Waals surface area (Å²) in [4.78, 5) is 8.14. The van der Waals surface area contributed by atoms with E-state index >= 15 is 0 Å². The smallest absolute Gasteiger partial charge is 0.813 e. The molecule has 1 aliphatic carbocycles. The van der Waals surface area contributed by atoms with Crippen molar-refractivity contribution in [3.63, 3.8) is 0 Å². The molecule has 1 heterocycles. The van der Waals surface area contributed by atoms with Crippen LogP contribution in [0.1, 0.15) is 0 Å². The second kappa shape index (κ2) is 4.54. The Labute approximate surface area is 83.1 Å². The number of allylic oxidation sites excluding steroid dienone is 2. The van der Waals surface area contributed by atoms with E-state index in [2.05, 4.69) is 9.98 Å². The summed E-state index contributed by atoms with van der Waals surface area (Å²) in [5, 5.41) is 0. The van der Waals surface area contributed by atoms with Crippen LogP contribution >= 0.6 is 0 Å². The quantitative estimate of drug-likeness (QED) is 0.331. The fourth-order valence-corrected chi connectivity index (χ4v) is 0.938. The van der Waals surface area contributed by atoms with Crippen LogP contribution in [-0.2, 0) is 30.6 Å². The van der Waals surface area contributed by atoms with Crippen molar-refractivity contribution in [1.82, 2.24) is 0 Å². The van der Waals surface area contributed by atoms with Gasteiger partial charge in [0.15, 0.2) is 0 Å². The van der Waals surface area contributed by atoms with Crippen LogP contribution in [0.15, 0.2) is 34.3 Å². The minimum absolute atomic E-state index is 0. The van der Waals surface area contributed by atoms with Gasteiger partial charge in [-0.15, -0.1) is 0 Å². The third-order valence-corrected chi connectivity index (χ3v) is 1.41. The summed E-state index contributed by atoms with van der Waals surface area (Å²) >= 11 is 0. The molecule has 0 fully saturated rings. The van der Waals surface area contributed by atoms with Gasteiger partial charge in [0.1, 0.15) is 12.4 Å². The van der Waals surface area contributed by atoms with Gasteiger partial charge in [-0.3, -0.25) is 4.99 Å². The zero-order chi connectivity index (χ0) is 6.10. The predicted molar refractivity (Wildman–Crippen MR) is 46.8 cm³/mol. The minimum atomic E-state index is 0. The molecular formula is C7H7CuN2S. The third-order valence-electron chi connectivity index (χ3n) is 1.41. The average Bonchev–Trinajstić information content (AvgIpc) is 2.33. The van der Waals surface area contributed by atoms with Crippen LogP contribution < -0.4 is 0 Å². The van der Waals surface area contributed by atoms with Gasteiger partial charge in [-0.05, 0) is 6.08 Å². The van der Waals surface area contributed by atoms with E-state index in [9.17, 15) is 0 Å². The number of aliphatic imine (C=N–C) groups is 2. The molecule has 2 nitrogen and oxygen atoms in total. The molecule has 0 aromatic rings. The maximum atomic E-state index is 4.09. The molecule has 1 aliphatic heterocycles. The van der Waals surface area contributed by atoms with Gasteiger partial charge in [-0.25, -0.2) is 4.99 Å². The molecule has 1 atom stereocenters. The van der Waals surface area contributed by atoms with Gasteiger partial charge in [0.2, 0.25) is 0 Å². The summed E-state index contributed by atoms with van der Waals surface area (Å²) in [6, 6.07) is 0.218. The van der Waals surface area contributed by atoms with Crippen LogP contribution in [0.25, 0.3) is 0 Å². The average molecular weight is 215 g/mol. The number of hydrogen-bond acceptors (Lipinski definition) is 3.